The van der Waals surface area contributed by atoms with Gasteiger partial charge >= 0.3 is 0 Å². The predicted molar refractivity (Wildman–Crippen MR) is 90.6 cm³/mol. The first-order valence-electron chi connectivity index (χ1n) is 6.36. The maximum absolute atomic E-state index is 7.47. The fourth-order valence-corrected chi connectivity index (χ4v) is 3.98. The minimum absolute atomic E-state index is 0.121. The highest BCUT2D eigenvalue weighted by Gasteiger charge is 2.09. The van der Waals surface area contributed by atoms with Gasteiger partial charge in [-0.05, 0) is 42.0 Å². The molecule has 1 aromatic carbocycles. The van der Waals surface area contributed by atoms with Gasteiger partial charge in [-0.25, -0.2) is 0 Å². The molecule has 0 saturated heterocycles. The molecule has 0 bridgehead atoms. The molecule has 0 aliphatic rings. The lowest BCUT2D eigenvalue weighted by Crippen LogP contribution is -2.08. The Morgan fingerprint density at radius 3 is 2.43 bits per heavy atom. The van der Waals surface area contributed by atoms with E-state index >= 15 is 0 Å². The molecular formula is C16H14N2OS2. The average molecular weight is 314 g/mol. The van der Waals surface area contributed by atoms with Crippen molar-refractivity contribution in [2.75, 3.05) is 7.11 Å². The Kier molecular flexibility index (Phi) is 3.77. The lowest BCUT2D eigenvalue weighted by Gasteiger charge is -2.01. The van der Waals surface area contributed by atoms with Crippen LogP contribution in [0.15, 0.2) is 48.5 Å². The van der Waals surface area contributed by atoms with Crippen molar-refractivity contribution in [1.29, 1.82) is 5.41 Å². The second-order valence-electron chi connectivity index (χ2n) is 4.47. The maximum atomic E-state index is 7.47. The van der Waals surface area contributed by atoms with Gasteiger partial charge < -0.3 is 10.5 Å². The fraction of sp³-hybridized carbons (Fsp3) is 0.0625. The third kappa shape index (κ3) is 2.84. The molecule has 106 valence electrons. The van der Waals surface area contributed by atoms with Gasteiger partial charge in [-0.15, -0.1) is 22.7 Å². The summed E-state index contributed by atoms with van der Waals surface area (Å²) in [4.78, 5) is 4.33. The van der Waals surface area contributed by atoms with Gasteiger partial charge in [0.05, 0.1) is 12.0 Å². The Labute approximate surface area is 131 Å². The number of amidine groups is 1. The van der Waals surface area contributed by atoms with E-state index in [0.29, 0.717) is 0 Å². The number of hydrogen-bond donors (Lipinski definition) is 2. The molecule has 21 heavy (non-hydrogen) atoms. The van der Waals surface area contributed by atoms with E-state index in [2.05, 4.69) is 18.2 Å². The fourth-order valence-electron chi connectivity index (χ4n) is 2.02. The highest BCUT2D eigenvalue weighted by molar-refractivity contribution is 7.24. The van der Waals surface area contributed by atoms with Crippen LogP contribution in [0.25, 0.3) is 20.2 Å². The van der Waals surface area contributed by atoms with Crippen molar-refractivity contribution in [2.24, 2.45) is 5.73 Å². The molecule has 0 spiro atoms. The van der Waals surface area contributed by atoms with E-state index in [-0.39, 0.29) is 5.84 Å². The number of nitrogens with one attached hydrogen (secondary N) is 1. The van der Waals surface area contributed by atoms with Crippen LogP contribution in [-0.2, 0) is 0 Å². The van der Waals surface area contributed by atoms with Crippen molar-refractivity contribution in [1.82, 2.24) is 0 Å². The monoisotopic (exact) mass is 314 g/mol. The molecule has 3 aromatic rings. The molecule has 0 saturated carbocycles. The van der Waals surface area contributed by atoms with Crippen LogP contribution in [0, 0.1) is 5.41 Å². The van der Waals surface area contributed by atoms with Gasteiger partial charge in [0.2, 0.25) is 0 Å². The highest BCUT2D eigenvalue weighted by Crippen LogP contribution is 2.38. The lowest BCUT2D eigenvalue weighted by molar-refractivity contribution is 0.415. The van der Waals surface area contributed by atoms with E-state index in [1.807, 2.05) is 30.3 Å². The van der Waals surface area contributed by atoms with Crippen molar-refractivity contribution < 1.29 is 4.74 Å². The maximum Gasteiger partial charge on any atom is 0.133 e. The molecular weight excluding hydrogens is 300 g/mol. The Balaban J connectivity index is 1.93. The summed E-state index contributed by atoms with van der Waals surface area (Å²) >= 11 is 3.27. The molecule has 0 aliphatic carbocycles. The quantitative estimate of drug-likeness (QED) is 0.552. The number of nitrogen functional groups attached to an aromatic ring is 1. The summed E-state index contributed by atoms with van der Waals surface area (Å²) < 4.78 is 5.27. The van der Waals surface area contributed by atoms with Crippen molar-refractivity contribution >= 4 is 28.5 Å². The first-order chi connectivity index (χ1) is 10.2. The molecule has 0 unspecified atom stereocenters. The zero-order chi connectivity index (χ0) is 14.8. The zero-order valence-electron chi connectivity index (χ0n) is 11.4. The number of benzene rings is 1. The van der Waals surface area contributed by atoms with Gasteiger partial charge in [-0.2, -0.15) is 0 Å². The molecule has 0 radical (unpaired) electrons. The first kappa shape index (κ1) is 13.9. The third-order valence-electron chi connectivity index (χ3n) is 3.07. The van der Waals surface area contributed by atoms with E-state index in [9.17, 15) is 0 Å². The van der Waals surface area contributed by atoms with Crippen LogP contribution < -0.4 is 10.5 Å². The normalized spacial score (nSPS) is 10.5. The molecule has 0 aliphatic heterocycles. The number of thiophene rings is 2. The Morgan fingerprint density at radius 2 is 1.71 bits per heavy atom. The summed E-state index contributed by atoms with van der Waals surface area (Å²) in [7, 11) is 1.67. The molecule has 5 heteroatoms. The SMILES string of the molecule is COc1cccc(-c2ccc(-c3ccc(C(=N)N)s3)s2)c1. The number of methoxy groups -OCH3 is 1. The zero-order valence-corrected chi connectivity index (χ0v) is 13.1. The number of ether oxygens (including phenoxy) is 1. The molecule has 2 heterocycles. The summed E-state index contributed by atoms with van der Waals surface area (Å²) in [6.45, 7) is 0. The topological polar surface area (TPSA) is 59.1 Å². The largest absolute Gasteiger partial charge is 0.497 e. The van der Waals surface area contributed by atoms with Crippen LogP contribution in [0.4, 0.5) is 0 Å². The lowest BCUT2D eigenvalue weighted by atomic mass is 10.2. The second kappa shape index (κ2) is 5.71. The Hall–Kier alpha value is -2.11. The summed E-state index contributed by atoms with van der Waals surface area (Å²) in [5.41, 5.74) is 6.66. The minimum atomic E-state index is 0.121. The van der Waals surface area contributed by atoms with E-state index in [4.69, 9.17) is 15.9 Å². The van der Waals surface area contributed by atoms with E-state index in [0.717, 1.165) is 21.1 Å². The molecule has 3 rings (SSSR count). The van der Waals surface area contributed by atoms with Crippen LogP contribution >= 0.6 is 22.7 Å². The molecule has 0 amide bonds. The Morgan fingerprint density at radius 1 is 1.00 bits per heavy atom. The van der Waals surface area contributed by atoms with Gasteiger partial charge in [0, 0.05) is 14.6 Å². The van der Waals surface area contributed by atoms with Gasteiger partial charge in [0.1, 0.15) is 11.6 Å². The Bertz CT molecular complexity index is 789. The predicted octanol–water partition coefficient (Wildman–Crippen LogP) is 4.44. The van der Waals surface area contributed by atoms with E-state index in [1.165, 1.54) is 9.75 Å². The van der Waals surface area contributed by atoms with Gasteiger partial charge in [-0.1, -0.05) is 12.1 Å². The van der Waals surface area contributed by atoms with Crippen LogP contribution in [0.1, 0.15) is 4.88 Å². The highest BCUT2D eigenvalue weighted by atomic mass is 32.1. The number of rotatable bonds is 4. The number of nitrogens with two attached hydrogens (primary N) is 1. The van der Waals surface area contributed by atoms with Crippen LogP contribution in [-0.4, -0.2) is 12.9 Å². The van der Waals surface area contributed by atoms with E-state index in [1.54, 1.807) is 29.8 Å². The summed E-state index contributed by atoms with van der Waals surface area (Å²) in [6.07, 6.45) is 0. The minimum Gasteiger partial charge on any atom is -0.497 e. The second-order valence-corrected chi connectivity index (χ2v) is 6.64. The molecule has 3 N–H and O–H groups in total. The molecule has 0 fully saturated rings. The van der Waals surface area contributed by atoms with Crippen molar-refractivity contribution in [2.45, 2.75) is 0 Å². The summed E-state index contributed by atoms with van der Waals surface area (Å²) in [6, 6.07) is 16.2. The van der Waals surface area contributed by atoms with Crippen molar-refractivity contribution in [3.63, 3.8) is 0 Å². The standard InChI is InChI=1S/C16H14N2OS2/c1-19-11-4-2-3-10(9-11)12-5-6-13(20-12)14-7-8-15(21-14)16(17)18/h2-9H,1H3,(H3,17,18). The third-order valence-corrected chi connectivity index (χ3v) is 5.52. The molecule has 0 atom stereocenters. The van der Waals surface area contributed by atoms with Crippen LogP contribution in [0.2, 0.25) is 0 Å². The smallest absolute Gasteiger partial charge is 0.133 e. The van der Waals surface area contributed by atoms with E-state index < -0.39 is 0 Å². The van der Waals surface area contributed by atoms with Gasteiger partial charge in [-0.3, -0.25) is 5.41 Å². The first-order valence-corrected chi connectivity index (χ1v) is 7.99. The summed E-state index contributed by atoms with van der Waals surface area (Å²) in [5, 5.41) is 7.47. The van der Waals surface area contributed by atoms with Crippen LogP contribution in [0.5, 0.6) is 5.75 Å². The van der Waals surface area contributed by atoms with Gasteiger partial charge in [0.25, 0.3) is 0 Å². The average Bonchev–Trinajstić information content (AvgIpc) is 3.16. The molecule has 3 nitrogen and oxygen atoms in total. The van der Waals surface area contributed by atoms with Crippen molar-refractivity contribution in [3.8, 4) is 25.9 Å². The number of hydrogen-bond acceptors (Lipinski definition) is 4. The van der Waals surface area contributed by atoms with Crippen molar-refractivity contribution in [3.05, 3.63) is 53.4 Å². The van der Waals surface area contributed by atoms with Crippen LogP contribution in [0.3, 0.4) is 0 Å². The van der Waals surface area contributed by atoms with Gasteiger partial charge in [0.15, 0.2) is 0 Å². The summed E-state index contributed by atoms with van der Waals surface area (Å²) in [5.74, 6) is 0.980. The molecule has 2 aromatic heterocycles.